The van der Waals surface area contributed by atoms with Crippen molar-refractivity contribution in [2.24, 2.45) is 0 Å². The monoisotopic (exact) mass is 371 g/mol. The lowest BCUT2D eigenvalue weighted by Crippen LogP contribution is -2.56. The molecule has 0 bridgehead atoms. The molecular formula is C19H22FN5O2. The number of aromatic nitrogens is 2. The molecule has 2 aromatic rings. The molecule has 142 valence electrons. The molecule has 1 aromatic carbocycles. The van der Waals surface area contributed by atoms with Crippen LogP contribution in [0.2, 0.25) is 0 Å². The van der Waals surface area contributed by atoms with Gasteiger partial charge in [0, 0.05) is 50.4 Å². The molecule has 7 nitrogen and oxygen atoms in total. The van der Waals surface area contributed by atoms with Crippen molar-refractivity contribution in [1.82, 2.24) is 25.3 Å². The highest BCUT2D eigenvalue weighted by Gasteiger charge is 2.33. The number of nitrogens with zero attached hydrogens (tertiary/aromatic N) is 3. The smallest absolute Gasteiger partial charge is 0.237 e. The van der Waals surface area contributed by atoms with Crippen LogP contribution in [-0.4, -0.2) is 57.5 Å². The van der Waals surface area contributed by atoms with Crippen LogP contribution in [0, 0.1) is 5.82 Å². The maximum Gasteiger partial charge on any atom is 0.237 e. The molecule has 0 spiro atoms. The van der Waals surface area contributed by atoms with Gasteiger partial charge in [-0.05, 0) is 17.7 Å². The number of nitrogens with one attached hydrogen (secondary N) is 2. The molecule has 2 N–H and O–H groups in total. The van der Waals surface area contributed by atoms with Crippen LogP contribution in [0.15, 0.2) is 30.5 Å². The Balaban J connectivity index is 1.43. The maximum atomic E-state index is 13.1. The first-order chi connectivity index (χ1) is 13.1. The second-order valence-electron chi connectivity index (χ2n) is 7.05. The van der Waals surface area contributed by atoms with Gasteiger partial charge in [0.2, 0.25) is 11.8 Å². The molecule has 1 aromatic heterocycles. The van der Waals surface area contributed by atoms with Gasteiger partial charge < -0.3 is 10.2 Å². The molecule has 2 aliphatic heterocycles. The minimum atomic E-state index is -0.512. The minimum Gasteiger partial charge on any atom is -0.353 e. The topological polar surface area (TPSA) is 81.3 Å². The fourth-order valence-corrected chi connectivity index (χ4v) is 3.73. The summed E-state index contributed by atoms with van der Waals surface area (Å²) in [4.78, 5) is 29.0. The Kier molecular flexibility index (Phi) is 4.89. The Morgan fingerprint density at radius 1 is 1.26 bits per heavy atom. The van der Waals surface area contributed by atoms with Crippen molar-refractivity contribution in [2.45, 2.75) is 32.0 Å². The van der Waals surface area contributed by atoms with Gasteiger partial charge in [-0.1, -0.05) is 12.1 Å². The summed E-state index contributed by atoms with van der Waals surface area (Å²) in [7, 11) is 0. The van der Waals surface area contributed by atoms with E-state index in [1.807, 2.05) is 4.90 Å². The SMILES string of the molecule is O=C1NCCN(Cc2ccc(F)cc2)[C@H]1CC(=O)N1CCc2[nH]ncc2C1. The van der Waals surface area contributed by atoms with E-state index in [0.717, 1.165) is 23.2 Å². The normalized spacial score (nSPS) is 20.3. The van der Waals surface area contributed by atoms with E-state index >= 15 is 0 Å². The van der Waals surface area contributed by atoms with Gasteiger partial charge >= 0.3 is 0 Å². The van der Waals surface area contributed by atoms with Crippen LogP contribution in [-0.2, 0) is 29.1 Å². The summed E-state index contributed by atoms with van der Waals surface area (Å²) in [5.74, 6) is -0.448. The Hall–Kier alpha value is -2.74. The van der Waals surface area contributed by atoms with Gasteiger partial charge in [-0.25, -0.2) is 4.39 Å². The van der Waals surface area contributed by atoms with E-state index in [2.05, 4.69) is 15.5 Å². The number of carbonyl (C=O) groups excluding carboxylic acids is 2. The van der Waals surface area contributed by atoms with Crippen LogP contribution in [0.1, 0.15) is 23.2 Å². The summed E-state index contributed by atoms with van der Waals surface area (Å²) < 4.78 is 13.1. The third-order valence-electron chi connectivity index (χ3n) is 5.26. The van der Waals surface area contributed by atoms with E-state index in [9.17, 15) is 14.0 Å². The number of piperazine rings is 1. The average molecular weight is 371 g/mol. The van der Waals surface area contributed by atoms with Gasteiger partial charge in [0.25, 0.3) is 0 Å². The quantitative estimate of drug-likeness (QED) is 0.834. The average Bonchev–Trinajstić information content (AvgIpc) is 3.14. The molecule has 0 unspecified atom stereocenters. The number of benzene rings is 1. The molecule has 4 rings (SSSR count). The Bertz CT molecular complexity index is 835. The lowest BCUT2D eigenvalue weighted by molar-refractivity contribution is -0.139. The highest BCUT2D eigenvalue weighted by Crippen LogP contribution is 2.20. The third kappa shape index (κ3) is 3.85. The van der Waals surface area contributed by atoms with Gasteiger partial charge in [0.05, 0.1) is 18.7 Å². The predicted molar refractivity (Wildman–Crippen MR) is 95.9 cm³/mol. The van der Waals surface area contributed by atoms with Crippen LogP contribution >= 0.6 is 0 Å². The van der Waals surface area contributed by atoms with Crippen LogP contribution in [0.3, 0.4) is 0 Å². The molecule has 0 saturated carbocycles. The molecule has 27 heavy (non-hydrogen) atoms. The largest absolute Gasteiger partial charge is 0.353 e. The lowest BCUT2D eigenvalue weighted by Gasteiger charge is -2.36. The van der Waals surface area contributed by atoms with E-state index in [1.165, 1.54) is 12.1 Å². The van der Waals surface area contributed by atoms with Gasteiger partial charge in [-0.15, -0.1) is 0 Å². The zero-order valence-corrected chi connectivity index (χ0v) is 14.9. The Morgan fingerprint density at radius 3 is 2.89 bits per heavy atom. The zero-order valence-electron chi connectivity index (χ0n) is 14.9. The third-order valence-corrected chi connectivity index (χ3v) is 5.26. The van der Waals surface area contributed by atoms with Gasteiger partial charge in [0.1, 0.15) is 5.82 Å². The van der Waals surface area contributed by atoms with Crippen LogP contribution in [0.25, 0.3) is 0 Å². The van der Waals surface area contributed by atoms with E-state index in [0.29, 0.717) is 32.7 Å². The predicted octanol–water partition coefficient (Wildman–Crippen LogP) is 0.824. The number of hydrogen-bond acceptors (Lipinski definition) is 4. The second kappa shape index (κ2) is 7.48. The minimum absolute atomic E-state index is 0.0343. The molecule has 1 atom stereocenters. The molecular weight excluding hydrogens is 349 g/mol. The van der Waals surface area contributed by atoms with Crippen molar-refractivity contribution in [1.29, 1.82) is 0 Å². The van der Waals surface area contributed by atoms with E-state index < -0.39 is 6.04 Å². The zero-order chi connectivity index (χ0) is 18.8. The summed E-state index contributed by atoms with van der Waals surface area (Å²) in [6.45, 7) is 2.87. The molecule has 2 amide bonds. The molecule has 8 heteroatoms. The molecule has 1 saturated heterocycles. The number of aromatic amines is 1. The number of fused-ring (bicyclic) bond motifs is 1. The van der Waals surface area contributed by atoms with Crippen LogP contribution < -0.4 is 5.32 Å². The molecule has 2 aliphatic rings. The van der Waals surface area contributed by atoms with Crippen molar-refractivity contribution < 1.29 is 14.0 Å². The second-order valence-corrected chi connectivity index (χ2v) is 7.05. The molecule has 3 heterocycles. The molecule has 0 radical (unpaired) electrons. The van der Waals surface area contributed by atoms with E-state index in [-0.39, 0.29) is 24.1 Å². The summed E-state index contributed by atoms with van der Waals surface area (Å²) in [5, 5.41) is 9.84. The van der Waals surface area contributed by atoms with E-state index in [1.54, 1.807) is 23.2 Å². The number of rotatable bonds is 4. The highest BCUT2D eigenvalue weighted by atomic mass is 19.1. The van der Waals surface area contributed by atoms with Crippen molar-refractivity contribution in [3.8, 4) is 0 Å². The number of hydrogen-bond donors (Lipinski definition) is 2. The van der Waals surface area contributed by atoms with Gasteiger partial charge in [-0.2, -0.15) is 5.10 Å². The first-order valence-electron chi connectivity index (χ1n) is 9.15. The fourth-order valence-electron chi connectivity index (χ4n) is 3.73. The number of H-pyrrole nitrogens is 1. The Labute approximate surface area is 156 Å². The maximum absolute atomic E-state index is 13.1. The molecule has 1 fully saturated rings. The molecule has 0 aliphatic carbocycles. The van der Waals surface area contributed by atoms with E-state index in [4.69, 9.17) is 0 Å². The summed E-state index contributed by atoms with van der Waals surface area (Å²) in [5.41, 5.74) is 3.03. The van der Waals surface area contributed by atoms with Gasteiger partial charge in [0.15, 0.2) is 0 Å². The van der Waals surface area contributed by atoms with Crippen molar-refractivity contribution in [3.05, 3.63) is 53.1 Å². The van der Waals surface area contributed by atoms with Crippen LogP contribution in [0.5, 0.6) is 0 Å². The first-order valence-corrected chi connectivity index (χ1v) is 9.15. The summed E-state index contributed by atoms with van der Waals surface area (Å²) in [6.07, 6.45) is 2.64. The summed E-state index contributed by atoms with van der Waals surface area (Å²) >= 11 is 0. The standard InChI is InChI=1S/C19H22FN5O2/c20-15-3-1-13(2-4-15)11-24-8-6-21-19(27)17(24)9-18(26)25-7-5-16-14(12-25)10-22-23-16/h1-4,10,17H,5-9,11-12H2,(H,21,27)(H,22,23)/t17-/m0/s1. The van der Waals surface area contributed by atoms with Gasteiger partial charge in [-0.3, -0.25) is 19.6 Å². The fraction of sp³-hybridized carbons (Fsp3) is 0.421. The highest BCUT2D eigenvalue weighted by molar-refractivity contribution is 5.89. The van der Waals surface area contributed by atoms with Crippen molar-refractivity contribution in [3.63, 3.8) is 0 Å². The summed E-state index contributed by atoms with van der Waals surface area (Å²) in [6, 6.07) is 5.74. The van der Waals surface area contributed by atoms with Crippen molar-refractivity contribution in [2.75, 3.05) is 19.6 Å². The van der Waals surface area contributed by atoms with Crippen LogP contribution in [0.4, 0.5) is 4.39 Å². The lowest BCUT2D eigenvalue weighted by atomic mass is 10.0. The first kappa shape index (κ1) is 17.7. The number of halogens is 1. The number of amides is 2. The number of carbonyl (C=O) groups is 2. The van der Waals surface area contributed by atoms with Crippen molar-refractivity contribution >= 4 is 11.8 Å². The Morgan fingerprint density at radius 2 is 2.07 bits per heavy atom.